The van der Waals surface area contributed by atoms with Gasteiger partial charge in [-0.1, -0.05) is 6.07 Å². The van der Waals surface area contributed by atoms with Crippen molar-refractivity contribution in [2.24, 2.45) is 0 Å². The number of anilines is 2. The zero-order chi connectivity index (χ0) is 14.5. The van der Waals surface area contributed by atoms with Gasteiger partial charge >= 0.3 is 11.8 Å². The van der Waals surface area contributed by atoms with E-state index in [1.807, 2.05) is 6.92 Å². The number of benzene rings is 1. The molecular weight excluding hydrogens is 261 g/mol. The molecule has 2 N–H and O–H groups in total. The summed E-state index contributed by atoms with van der Waals surface area (Å²) in [6, 6.07) is 8.47. The average molecular weight is 273 g/mol. The molecule has 102 valence electrons. The minimum atomic E-state index is -0.848. The fourth-order valence-corrected chi connectivity index (χ4v) is 1.44. The maximum absolute atomic E-state index is 12.7. The molecule has 0 saturated heterocycles. The van der Waals surface area contributed by atoms with Crippen LogP contribution >= 0.6 is 0 Å². The van der Waals surface area contributed by atoms with Gasteiger partial charge in [-0.15, -0.1) is 0 Å². The van der Waals surface area contributed by atoms with Gasteiger partial charge in [0.2, 0.25) is 0 Å². The van der Waals surface area contributed by atoms with Crippen molar-refractivity contribution in [2.45, 2.75) is 6.92 Å². The number of carbonyl (C=O) groups is 2. The highest BCUT2D eigenvalue weighted by Crippen LogP contribution is 2.08. The van der Waals surface area contributed by atoms with Crippen molar-refractivity contribution in [1.82, 2.24) is 4.98 Å². The number of hydrogen-bond donors (Lipinski definition) is 2. The molecule has 0 spiro atoms. The van der Waals surface area contributed by atoms with E-state index in [0.717, 1.165) is 5.56 Å². The molecule has 0 aliphatic carbocycles. The molecule has 20 heavy (non-hydrogen) atoms. The van der Waals surface area contributed by atoms with Crippen LogP contribution in [0.3, 0.4) is 0 Å². The number of hydrogen-bond acceptors (Lipinski definition) is 3. The van der Waals surface area contributed by atoms with E-state index in [0.29, 0.717) is 5.69 Å². The molecule has 5 nitrogen and oxygen atoms in total. The van der Waals surface area contributed by atoms with Gasteiger partial charge in [-0.2, -0.15) is 0 Å². The molecule has 0 saturated carbocycles. The molecule has 0 bridgehead atoms. The van der Waals surface area contributed by atoms with Crippen LogP contribution in [0.15, 0.2) is 42.6 Å². The van der Waals surface area contributed by atoms with Gasteiger partial charge in [-0.05, 0) is 42.8 Å². The molecule has 0 aliphatic rings. The van der Waals surface area contributed by atoms with Crippen molar-refractivity contribution in [2.75, 3.05) is 10.6 Å². The summed E-state index contributed by atoms with van der Waals surface area (Å²) in [7, 11) is 0. The van der Waals surface area contributed by atoms with E-state index >= 15 is 0 Å². The summed E-state index contributed by atoms with van der Waals surface area (Å²) < 4.78 is 12.7. The van der Waals surface area contributed by atoms with Gasteiger partial charge in [-0.3, -0.25) is 9.59 Å². The van der Waals surface area contributed by atoms with E-state index in [1.54, 1.807) is 18.3 Å². The highest BCUT2D eigenvalue weighted by molar-refractivity contribution is 6.43. The van der Waals surface area contributed by atoms with Crippen LogP contribution in [0.4, 0.5) is 15.9 Å². The van der Waals surface area contributed by atoms with E-state index in [9.17, 15) is 14.0 Å². The van der Waals surface area contributed by atoms with Crippen LogP contribution in [0, 0.1) is 12.7 Å². The zero-order valence-corrected chi connectivity index (χ0v) is 10.7. The quantitative estimate of drug-likeness (QED) is 0.823. The largest absolute Gasteiger partial charge is 0.318 e. The second kappa shape index (κ2) is 5.92. The average Bonchev–Trinajstić information content (AvgIpc) is 2.44. The Hall–Kier alpha value is -2.76. The Morgan fingerprint density at radius 2 is 1.65 bits per heavy atom. The SMILES string of the molecule is Cc1ccc(NC(=O)C(=O)Nc2ccc(F)cc2)nc1. The molecule has 1 heterocycles. The van der Waals surface area contributed by atoms with Gasteiger partial charge in [0.1, 0.15) is 11.6 Å². The third-order valence-electron chi connectivity index (χ3n) is 2.46. The first-order chi connectivity index (χ1) is 9.54. The van der Waals surface area contributed by atoms with Crippen molar-refractivity contribution >= 4 is 23.3 Å². The van der Waals surface area contributed by atoms with Crippen molar-refractivity contribution in [3.63, 3.8) is 0 Å². The smallest absolute Gasteiger partial charge is 0.315 e. The highest BCUT2D eigenvalue weighted by atomic mass is 19.1. The standard InChI is InChI=1S/C14H12FN3O2/c1-9-2-7-12(16-8-9)18-14(20)13(19)17-11-5-3-10(15)4-6-11/h2-8H,1H3,(H,17,19)(H,16,18,20). The summed E-state index contributed by atoms with van der Waals surface area (Å²) >= 11 is 0. The second-order valence-electron chi connectivity index (χ2n) is 4.14. The normalized spacial score (nSPS) is 9.90. The van der Waals surface area contributed by atoms with Crippen molar-refractivity contribution in [3.8, 4) is 0 Å². The van der Waals surface area contributed by atoms with Gasteiger partial charge in [-0.25, -0.2) is 9.37 Å². The first-order valence-electron chi connectivity index (χ1n) is 5.85. The molecule has 2 aromatic rings. The lowest BCUT2D eigenvalue weighted by molar-refractivity contribution is -0.133. The molecule has 1 aromatic heterocycles. The zero-order valence-electron chi connectivity index (χ0n) is 10.7. The van der Waals surface area contributed by atoms with Crippen LogP contribution in [0.25, 0.3) is 0 Å². The Morgan fingerprint density at radius 3 is 2.25 bits per heavy atom. The Bertz CT molecular complexity index is 566. The van der Waals surface area contributed by atoms with Crippen LogP contribution in [0.2, 0.25) is 0 Å². The third kappa shape index (κ3) is 3.61. The Kier molecular flexibility index (Phi) is 4.05. The molecule has 0 aliphatic heterocycles. The predicted molar refractivity (Wildman–Crippen MR) is 72.6 cm³/mol. The molecule has 0 radical (unpaired) electrons. The van der Waals surface area contributed by atoms with E-state index in [2.05, 4.69) is 15.6 Å². The predicted octanol–water partition coefficient (Wildman–Crippen LogP) is 2.11. The molecule has 0 atom stereocenters. The number of nitrogens with zero attached hydrogens (tertiary/aromatic N) is 1. The molecule has 1 aromatic carbocycles. The van der Waals surface area contributed by atoms with Crippen LogP contribution < -0.4 is 10.6 Å². The molecule has 6 heteroatoms. The van der Waals surface area contributed by atoms with Gasteiger partial charge in [0.15, 0.2) is 0 Å². The summed E-state index contributed by atoms with van der Waals surface area (Å²) in [6.07, 6.45) is 1.58. The number of aromatic nitrogens is 1. The maximum atomic E-state index is 12.7. The molecule has 0 fully saturated rings. The number of halogens is 1. The van der Waals surface area contributed by atoms with Crippen molar-refractivity contribution in [3.05, 3.63) is 54.0 Å². The first-order valence-corrected chi connectivity index (χ1v) is 5.85. The number of pyridine rings is 1. The summed E-state index contributed by atoms with van der Waals surface area (Å²) in [4.78, 5) is 27.2. The molecule has 2 amide bonds. The molecular formula is C14H12FN3O2. The minimum absolute atomic E-state index is 0.287. The van der Waals surface area contributed by atoms with E-state index in [-0.39, 0.29) is 5.82 Å². The summed E-state index contributed by atoms with van der Waals surface area (Å²) in [5.74, 6) is -1.82. The van der Waals surface area contributed by atoms with Crippen molar-refractivity contribution in [1.29, 1.82) is 0 Å². The number of carbonyl (C=O) groups excluding carboxylic acids is 2. The highest BCUT2D eigenvalue weighted by Gasteiger charge is 2.14. The van der Waals surface area contributed by atoms with Gasteiger partial charge in [0.05, 0.1) is 0 Å². The summed E-state index contributed by atoms with van der Waals surface area (Å²) in [5, 5.41) is 4.72. The maximum Gasteiger partial charge on any atom is 0.315 e. The number of nitrogens with one attached hydrogen (secondary N) is 2. The van der Waals surface area contributed by atoms with Crippen LogP contribution in [0.5, 0.6) is 0 Å². The van der Waals surface area contributed by atoms with Crippen molar-refractivity contribution < 1.29 is 14.0 Å². The lowest BCUT2D eigenvalue weighted by Crippen LogP contribution is -2.29. The van der Waals surface area contributed by atoms with E-state index < -0.39 is 17.6 Å². The number of aryl methyl sites for hydroxylation is 1. The minimum Gasteiger partial charge on any atom is -0.318 e. The molecule has 0 unspecified atom stereocenters. The topological polar surface area (TPSA) is 71.1 Å². The molecule has 2 rings (SSSR count). The van der Waals surface area contributed by atoms with Gasteiger partial charge < -0.3 is 10.6 Å². The van der Waals surface area contributed by atoms with Crippen LogP contribution in [-0.4, -0.2) is 16.8 Å². The third-order valence-corrected chi connectivity index (χ3v) is 2.46. The Balaban J connectivity index is 1.96. The van der Waals surface area contributed by atoms with Gasteiger partial charge in [0, 0.05) is 11.9 Å². The van der Waals surface area contributed by atoms with E-state index in [1.165, 1.54) is 24.3 Å². The second-order valence-corrected chi connectivity index (χ2v) is 4.14. The summed E-state index contributed by atoms with van der Waals surface area (Å²) in [5.41, 5.74) is 1.28. The monoisotopic (exact) mass is 273 g/mol. The number of rotatable bonds is 2. The lowest BCUT2D eigenvalue weighted by Gasteiger charge is -2.06. The lowest BCUT2D eigenvalue weighted by atomic mass is 10.3. The fraction of sp³-hybridized carbons (Fsp3) is 0.0714. The van der Waals surface area contributed by atoms with Crippen LogP contribution in [0.1, 0.15) is 5.56 Å². The van der Waals surface area contributed by atoms with Crippen LogP contribution in [-0.2, 0) is 9.59 Å². The Labute approximate surface area is 114 Å². The van der Waals surface area contributed by atoms with E-state index in [4.69, 9.17) is 0 Å². The first kappa shape index (κ1) is 13.7. The summed E-state index contributed by atoms with van der Waals surface area (Å²) in [6.45, 7) is 1.86. The Morgan fingerprint density at radius 1 is 1.00 bits per heavy atom. The number of amides is 2. The fourth-order valence-electron chi connectivity index (χ4n) is 1.44. The van der Waals surface area contributed by atoms with Gasteiger partial charge in [0.25, 0.3) is 0 Å².